The van der Waals surface area contributed by atoms with Crippen molar-refractivity contribution in [2.75, 3.05) is 33.9 Å². The number of amides is 2. The molecule has 0 aliphatic carbocycles. The molecule has 7 nitrogen and oxygen atoms in total. The second kappa shape index (κ2) is 13.2. The van der Waals surface area contributed by atoms with Crippen molar-refractivity contribution >= 4 is 22.7 Å². The van der Waals surface area contributed by atoms with Crippen LogP contribution in [0.5, 0.6) is 11.5 Å². The van der Waals surface area contributed by atoms with Gasteiger partial charge in [0.05, 0.1) is 14.2 Å². The molecular formula is C32H36FN3O4. The Kier molecular flexibility index (Phi) is 9.43. The minimum absolute atomic E-state index is 0.116. The van der Waals surface area contributed by atoms with Crippen molar-refractivity contribution < 1.29 is 23.5 Å². The Balaban J connectivity index is 1.59. The van der Waals surface area contributed by atoms with Gasteiger partial charge in [0.2, 0.25) is 5.91 Å². The van der Waals surface area contributed by atoms with Crippen LogP contribution in [0.3, 0.4) is 0 Å². The first-order valence-corrected chi connectivity index (χ1v) is 13.4. The normalized spacial score (nSPS) is 11.1. The van der Waals surface area contributed by atoms with Crippen LogP contribution in [-0.4, -0.2) is 60.5 Å². The number of carbonyl (C=O) groups is 2. The first-order valence-electron chi connectivity index (χ1n) is 13.4. The van der Waals surface area contributed by atoms with Gasteiger partial charge in [-0.25, -0.2) is 4.39 Å². The first-order chi connectivity index (χ1) is 19.3. The molecule has 0 radical (unpaired) electrons. The van der Waals surface area contributed by atoms with E-state index in [4.69, 9.17) is 9.47 Å². The molecule has 1 N–H and O–H groups in total. The summed E-state index contributed by atoms with van der Waals surface area (Å²) in [4.78, 5) is 33.7. The van der Waals surface area contributed by atoms with Gasteiger partial charge in [-0.05, 0) is 59.9 Å². The smallest absolute Gasteiger partial charge is 0.254 e. The number of carbonyl (C=O) groups excluding carboxylic acids is 2. The minimum atomic E-state index is -0.490. The van der Waals surface area contributed by atoms with E-state index < -0.39 is 5.82 Å². The molecule has 0 bridgehead atoms. The Labute approximate surface area is 234 Å². The zero-order valence-electron chi connectivity index (χ0n) is 23.4. The van der Waals surface area contributed by atoms with Crippen molar-refractivity contribution in [2.45, 2.75) is 26.8 Å². The third-order valence-corrected chi connectivity index (χ3v) is 6.77. The Morgan fingerprint density at radius 2 is 1.70 bits per heavy atom. The van der Waals surface area contributed by atoms with E-state index in [0.29, 0.717) is 37.6 Å². The lowest BCUT2D eigenvalue weighted by Gasteiger charge is -2.29. The molecular weight excluding hydrogens is 509 g/mol. The van der Waals surface area contributed by atoms with Crippen LogP contribution < -0.4 is 9.47 Å². The quantitative estimate of drug-likeness (QED) is 0.248. The molecule has 0 aliphatic rings. The number of aromatic amines is 1. The number of benzene rings is 3. The van der Waals surface area contributed by atoms with Crippen LogP contribution in [0.4, 0.5) is 4.39 Å². The van der Waals surface area contributed by atoms with Crippen molar-refractivity contribution in [1.29, 1.82) is 0 Å². The van der Waals surface area contributed by atoms with Crippen molar-refractivity contribution in [2.24, 2.45) is 5.92 Å². The lowest BCUT2D eigenvalue weighted by molar-refractivity contribution is -0.132. The Hall–Kier alpha value is -4.33. The van der Waals surface area contributed by atoms with Gasteiger partial charge in [0.25, 0.3) is 5.91 Å². The number of rotatable bonds is 12. The molecule has 8 heteroatoms. The van der Waals surface area contributed by atoms with E-state index in [2.05, 4.69) is 11.1 Å². The molecule has 0 aliphatic heterocycles. The number of ether oxygens (including phenoxy) is 2. The number of aromatic nitrogens is 1. The summed E-state index contributed by atoms with van der Waals surface area (Å²) in [5, 5.41) is 1.11. The largest absolute Gasteiger partial charge is 0.493 e. The van der Waals surface area contributed by atoms with Crippen molar-refractivity contribution in [1.82, 2.24) is 14.8 Å². The van der Waals surface area contributed by atoms with Gasteiger partial charge in [-0.15, -0.1) is 0 Å². The minimum Gasteiger partial charge on any atom is -0.493 e. The molecule has 0 fully saturated rings. The number of para-hydroxylation sites is 1. The predicted molar refractivity (Wildman–Crippen MR) is 154 cm³/mol. The molecule has 4 aromatic rings. The molecule has 40 heavy (non-hydrogen) atoms. The van der Waals surface area contributed by atoms with Gasteiger partial charge >= 0.3 is 0 Å². The Morgan fingerprint density at radius 3 is 2.42 bits per heavy atom. The highest BCUT2D eigenvalue weighted by Crippen LogP contribution is 2.28. The molecule has 0 saturated carbocycles. The highest BCUT2D eigenvalue weighted by atomic mass is 19.1. The van der Waals surface area contributed by atoms with E-state index in [1.54, 1.807) is 25.2 Å². The fourth-order valence-corrected chi connectivity index (χ4v) is 4.81. The number of H-pyrrole nitrogens is 1. The molecule has 0 saturated heterocycles. The third-order valence-electron chi connectivity index (χ3n) is 6.77. The number of fused-ring (bicyclic) bond motifs is 1. The number of nitrogens with one attached hydrogen (secondary N) is 1. The SMILES string of the molecule is COc1ccc(CN(CCc2c[nH]c3ccccc23)C(=O)CN(CC(C)C)C(=O)c2cccc(F)c2)cc1OC. The maximum absolute atomic E-state index is 13.9. The summed E-state index contributed by atoms with van der Waals surface area (Å²) in [7, 11) is 3.15. The van der Waals surface area contributed by atoms with Crippen LogP contribution in [0.1, 0.15) is 35.3 Å². The lowest BCUT2D eigenvalue weighted by atomic mass is 10.1. The average molecular weight is 546 g/mol. The van der Waals surface area contributed by atoms with Gasteiger partial charge in [0.15, 0.2) is 11.5 Å². The number of hydrogen-bond acceptors (Lipinski definition) is 4. The van der Waals surface area contributed by atoms with E-state index in [1.165, 1.54) is 23.1 Å². The van der Waals surface area contributed by atoms with Crippen LogP contribution in [0.15, 0.2) is 72.9 Å². The molecule has 1 aromatic heterocycles. The van der Waals surface area contributed by atoms with E-state index in [1.807, 2.05) is 56.4 Å². The number of nitrogens with zero attached hydrogens (tertiary/aromatic N) is 2. The molecule has 3 aromatic carbocycles. The summed E-state index contributed by atoms with van der Waals surface area (Å²) in [6, 6.07) is 19.2. The number of methoxy groups -OCH3 is 2. The summed E-state index contributed by atoms with van der Waals surface area (Å²) in [6.07, 6.45) is 2.60. The van der Waals surface area contributed by atoms with Gasteiger partial charge in [0.1, 0.15) is 12.4 Å². The van der Waals surface area contributed by atoms with E-state index in [-0.39, 0.29) is 29.8 Å². The molecule has 210 valence electrons. The fourth-order valence-electron chi connectivity index (χ4n) is 4.81. The summed E-state index contributed by atoms with van der Waals surface area (Å²) in [5.74, 6) is 0.244. The maximum Gasteiger partial charge on any atom is 0.254 e. The monoisotopic (exact) mass is 545 g/mol. The predicted octanol–water partition coefficient (Wildman–Crippen LogP) is 5.69. The van der Waals surface area contributed by atoms with Gasteiger partial charge in [-0.3, -0.25) is 9.59 Å². The highest BCUT2D eigenvalue weighted by Gasteiger charge is 2.24. The second-order valence-corrected chi connectivity index (χ2v) is 10.2. The summed E-state index contributed by atoms with van der Waals surface area (Å²) in [5.41, 5.74) is 3.24. The molecule has 0 unspecified atom stereocenters. The zero-order chi connectivity index (χ0) is 28.6. The van der Waals surface area contributed by atoms with Gasteiger partial charge in [0, 0.05) is 42.3 Å². The fraction of sp³-hybridized carbons (Fsp3) is 0.312. The van der Waals surface area contributed by atoms with Gasteiger partial charge in [-0.2, -0.15) is 0 Å². The van der Waals surface area contributed by atoms with Crippen molar-refractivity contribution in [3.63, 3.8) is 0 Å². The molecule has 2 amide bonds. The number of halogens is 1. The highest BCUT2D eigenvalue weighted by molar-refractivity contribution is 5.96. The van der Waals surface area contributed by atoms with Crippen molar-refractivity contribution in [3.8, 4) is 11.5 Å². The zero-order valence-corrected chi connectivity index (χ0v) is 23.4. The van der Waals surface area contributed by atoms with Crippen LogP contribution >= 0.6 is 0 Å². The van der Waals surface area contributed by atoms with E-state index in [0.717, 1.165) is 22.0 Å². The standard InChI is InChI=1S/C32H36FN3O4/c1-22(2)19-36(32(38)24-8-7-9-26(33)17-24)21-31(37)35(20-23-12-13-29(39-3)30(16-23)40-4)15-14-25-18-34-28-11-6-5-10-27(25)28/h5-13,16-18,22,34H,14-15,19-21H2,1-4H3. The van der Waals surface area contributed by atoms with E-state index >= 15 is 0 Å². The molecule has 1 heterocycles. The maximum atomic E-state index is 13.9. The Morgan fingerprint density at radius 1 is 0.925 bits per heavy atom. The van der Waals surface area contributed by atoms with Crippen LogP contribution in [-0.2, 0) is 17.8 Å². The summed E-state index contributed by atoms with van der Waals surface area (Å²) < 4.78 is 24.7. The van der Waals surface area contributed by atoms with Crippen LogP contribution in [0, 0.1) is 11.7 Å². The summed E-state index contributed by atoms with van der Waals surface area (Å²) in [6.45, 7) is 4.98. The third kappa shape index (κ3) is 7.00. The topological polar surface area (TPSA) is 74.9 Å². The lowest BCUT2D eigenvalue weighted by Crippen LogP contribution is -2.44. The van der Waals surface area contributed by atoms with Crippen LogP contribution in [0.25, 0.3) is 10.9 Å². The number of hydrogen-bond donors (Lipinski definition) is 1. The van der Waals surface area contributed by atoms with Gasteiger partial charge < -0.3 is 24.3 Å². The van der Waals surface area contributed by atoms with Crippen LogP contribution in [0.2, 0.25) is 0 Å². The molecule has 0 spiro atoms. The summed E-state index contributed by atoms with van der Waals surface area (Å²) >= 11 is 0. The molecule has 0 atom stereocenters. The first kappa shape index (κ1) is 28.7. The van der Waals surface area contributed by atoms with Gasteiger partial charge in [-0.1, -0.05) is 44.2 Å². The van der Waals surface area contributed by atoms with E-state index in [9.17, 15) is 14.0 Å². The van der Waals surface area contributed by atoms with Crippen molar-refractivity contribution in [3.05, 3.63) is 95.4 Å². The average Bonchev–Trinajstić information content (AvgIpc) is 3.37. The second-order valence-electron chi connectivity index (χ2n) is 10.2. The Bertz CT molecular complexity index is 1470. The molecule has 4 rings (SSSR count).